The minimum atomic E-state index is -1.16. The maximum atomic E-state index is 12.0. The van der Waals surface area contributed by atoms with Crippen molar-refractivity contribution < 1.29 is 19.5 Å². The summed E-state index contributed by atoms with van der Waals surface area (Å²) in [6.45, 7) is 4.37. The molecule has 0 spiro atoms. The van der Waals surface area contributed by atoms with Crippen molar-refractivity contribution in [1.29, 1.82) is 0 Å². The van der Waals surface area contributed by atoms with Crippen LogP contribution in [0.15, 0.2) is 24.3 Å². The van der Waals surface area contributed by atoms with Crippen LogP contribution in [0.2, 0.25) is 0 Å². The predicted octanol–water partition coefficient (Wildman–Crippen LogP) is 1.62. The van der Waals surface area contributed by atoms with Gasteiger partial charge in [-0.2, -0.15) is 0 Å². The van der Waals surface area contributed by atoms with Crippen LogP contribution in [0.3, 0.4) is 0 Å². The van der Waals surface area contributed by atoms with Crippen LogP contribution in [0.4, 0.5) is 5.69 Å². The Hall–Kier alpha value is -2.21. The van der Waals surface area contributed by atoms with Gasteiger partial charge >= 0.3 is 5.97 Å². The quantitative estimate of drug-likeness (QED) is 0.778. The molecule has 0 saturated heterocycles. The average Bonchev–Trinajstić information content (AvgIpc) is 2.38. The second-order valence-corrected chi connectivity index (χ2v) is 5.37. The van der Waals surface area contributed by atoms with Crippen LogP contribution in [0.1, 0.15) is 31.1 Å². The molecule has 0 aromatic heterocycles. The number of carboxylic acids is 1. The summed E-state index contributed by atoms with van der Waals surface area (Å²) >= 11 is 0. The van der Waals surface area contributed by atoms with E-state index in [0.29, 0.717) is 11.3 Å². The monoisotopic (exact) mass is 292 g/mol. The normalized spacial score (nSPS) is 11.3. The molecule has 0 aliphatic heterocycles. The molecule has 0 aliphatic carbocycles. The fraction of sp³-hybridized carbons (Fsp3) is 0.400. The summed E-state index contributed by atoms with van der Waals surface area (Å²) in [4.78, 5) is 36.0. The Kier molecular flexibility index (Phi) is 5.21. The maximum absolute atomic E-state index is 12.0. The van der Waals surface area contributed by atoms with Gasteiger partial charge in [-0.3, -0.25) is 19.3 Å². The molecule has 6 heteroatoms. The van der Waals surface area contributed by atoms with E-state index < -0.39 is 11.5 Å². The van der Waals surface area contributed by atoms with Gasteiger partial charge < -0.3 is 10.4 Å². The van der Waals surface area contributed by atoms with E-state index in [-0.39, 0.29) is 18.2 Å². The van der Waals surface area contributed by atoms with Gasteiger partial charge in [0.1, 0.15) is 5.54 Å². The Bertz CT molecular complexity index is 567. The molecule has 1 rings (SSSR count). The fourth-order valence-corrected chi connectivity index (χ4v) is 1.67. The van der Waals surface area contributed by atoms with E-state index >= 15 is 0 Å². The zero-order valence-corrected chi connectivity index (χ0v) is 12.6. The van der Waals surface area contributed by atoms with Crippen LogP contribution in [-0.4, -0.2) is 46.8 Å². The third-order valence-corrected chi connectivity index (χ3v) is 3.44. The van der Waals surface area contributed by atoms with Crippen LogP contribution in [0, 0.1) is 0 Å². The first kappa shape index (κ1) is 16.8. The lowest BCUT2D eigenvalue weighted by Gasteiger charge is -2.30. The molecule has 0 atom stereocenters. The summed E-state index contributed by atoms with van der Waals surface area (Å²) in [5.41, 5.74) is -0.306. The smallest absolute Gasteiger partial charge is 0.323 e. The summed E-state index contributed by atoms with van der Waals surface area (Å²) in [6, 6.07) is 6.69. The second kappa shape index (κ2) is 6.49. The molecule has 21 heavy (non-hydrogen) atoms. The van der Waals surface area contributed by atoms with Gasteiger partial charge in [0.05, 0.1) is 12.2 Å². The number of benzene rings is 1. The Morgan fingerprint density at radius 1 is 1.24 bits per heavy atom. The lowest BCUT2D eigenvalue weighted by molar-refractivity contribution is -0.148. The predicted molar refractivity (Wildman–Crippen MR) is 79.4 cm³/mol. The average molecular weight is 292 g/mol. The zero-order valence-electron chi connectivity index (χ0n) is 12.6. The third-order valence-electron chi connectivity index (χ3n) is 3.44. The van der Waals surface area contributed by atoms with Crippen molar-refractivity contribution >= 4 is 23.3 Å². The number of para-hydroxylation sites is 1. The summed E-state index contributed by atoms with van der Waals surface area (Å²) in [5.74, 6) is -1.53. The van der Waals surface area contributed by atoms with Gasteiger partial charge in [0.15, 0.2) is 5.78 Å². The maximum Gasteiger partial charge on any atom is 0.323 e. The molecule has 1 aromatic carbocycles. The molecule has 0 heterocycles. The number of nitrogens with one attached hydrogen (secondary N) is 1. The molecule has 1 aromatic rings. The lowest BCUT2D eigenvalue weighted by Crippen LogP contribution is -2.50. The Labute approximate surface area is 123 Å². The molecule has 0 saturated carbocycles. The number of likely N-dealkylation sites (N-methyl/N-ethyl adjacent to an activating group) is 1. The number of ketones is 1. The molecule has 0 unspecified atom stereocenters. The van der Waals surface area contributed by atoms with Crippen LogP contribution in [-0.2, 0) is 9.59 Å². The number of hydrogen-bond acceptors (Lipinski definition) is 4. The molecular weight excluding hydrogens is 272 g/mol. The number of Topliss-reactive ketones (excluding diaryl/α,β-unsaturated/α-hetero) is 1. The van der Waals surface area contributed by atoms with Gasteiger partial charge in [-0.25, -0.2) is 0 Å². The number of carbonyl (C=O) groups excluding carboxylic acids is 2. The molecule has 1 amide bonds. The first-order chi connectivity index (χ1) is 9.66. The van der Waals surface area contributed by atoms with Crippen LogP contribution >= 0.6 is 0 Å². The molecule has 0 aliphatic rings. The SMILES string of the molecule is CC(=O)c1ccccc1NC(=O)CN(C)C(C)(C)C(=O)O. The van der Waals surface area contributed by atoms with E-state index in [0.717, 1.165) is 0 Å². The summed E-state index contributed by atoms with van der Waals surface area (Å²) in [7, 11) is 1.56. The van der Waals surface area contributed by atoms with Crippen molar-refractivity contribution in [3.05, 3.63) is 29.8 Å². The first-order valence-electron chi connectivity index (χ1n) is 6.50. The highest BCUT2D eigenvalue weighted by Crippen LogP contribution is 2.16. The van der Waals surface area contributed by atoms with Crippen LogP contribution in [0.5, 0.6) is 0 Å². The molecule has 2 N–H and O–H groups in total. The van der Waals surface area contributed by atoms with Crippen molar-refractivity contribution in [2.45, 2.75) is 26.3 Å². The van der Waals surface area contributed by atoms with Crippen molar-refractivity contribution in [3.63, 3.8) is 0 Å². The van der Waals surface area contributed by atoms with Gasteiger partial charge in [0.25, 0.3) is 0 Å². The van der Waals surface area contributed by atoms with Crippen LogP contribution < -0.4 is 5.32 Å². The first-order valence-corrected chi connectivity index (χ1v) is 6.50. The Morgan fingerprint density at radius 2 is 1.81 bits per heavy atom. The van der Waals surface area contributed by atoms with E-state index in [2.05, 4.69) is 5.32 Å². The van der Waals surface area contributed by atoms with E-state index in [9.17, 15) is 14.4 Å². The highest BCUT2D eigenvalue weighted by molar-refractivity contribution is 6.04. The van der Waals surface area contributed by atoms with E-state index in [4.69, 9.17) is 5.11 Å². The highest BCUT2D eigenvalue weighted by Gasteiger charge is 2.33. The van der Waals surface area contributed by atoms with Gasteiger partial charge in [-0.05, 0) is 40.0 Å². The molecule has 114 valence electrons. The van der Waals surface area contributed by atoms with Crippen molar-refractivity contribution in [3.8, 4) is 0 Å². The van der Waals surface area contributed by atoms with Crippen molar-refractivity contribution in [2.75, 3.05) is 18.9 Å². The van der Waals surface area contributed by atoms with E-state index in [1.807, 2.05) is 0 Å². The second-order valence-electron chi connectivity index (χ2n) is 5.37. The van der Waals surface area contributed by atoms with Crippen LogP contribution in [0.25, 0.3) is 0 Å². The van der Waals surface area contributed by atoms with Gasteiger partial charge in [0.2, 0.25) is 5.91 Å². The zero-order chi connectivity index (χ0) is 16.2. The molecule has 0 fully saturated rings. The van der Waals surface area contributed by atoms with Crippen molar-refractivity contribution in [1.82, 2.24) is 4.90 Å². The Balaban J connectivity index is 2.80. The number of carbonyl (C=O) groups is 3. The van der Waals surface area contributed by atoms with Crippen molar-refractivity contribution in [2.24, 2.45) is 0 Å². The van der Waals surface area contributed by atoms with E-state index in [1.165, 1.54) is 25.7 Å². The molecule has 0 bridgehead atoms. The van der Waals surface area contributed by atoms with Gasteiger partial charge in [-0.1, -0.05) is 12.1 Å². The standard InChI is InChI=1S/C15H20N2O4/c1-10(18)11-7-5-6-8-12(11)16-13(19)9-17(4)15(2,3)14(20)21/h5-8H,9H2,1-4H3,(H,16,19)(H,20,21). The Morgan fingerprint density at radius 3 is 2.33 bits per heavy atom. The number of anilines is 1. The summed E-state index contributed by atoms with van der Waals surface area (Å²) in [5, 5.41) is 11.8. The molecule has 6 nitrogen and oxygen atoms in total. The van der Waals surface area contributed by atoms with Gasteiger partial charge in [-0.15, -0.1) is 0 Å². The molecular formula is C15H20N2O4. The minimum Gasteiger partial charge on any atom is -0.480 e. The van der Waals surface area contributed by atoms with Gasteiger partial charge in [0, 0.05) is 5.56 Å². The number of rotatable bonds is 6. The fourth-order valence-electron chi connectivity index (χ4n) is 1.67. The minimum absolute atomic E-state index is 0.0917. The lowest BCUT2D eigenvalue weighted by atomic mass is 10.0. The summed E-state index contributed by atoms with van der Waals surface area (Å²) < 4.78 is 0. The number of nitrogens with zero attached hydrogens (tertiary/aromatic N) is 1. The topological polar surface area (TPSA) is 86.7 Å². The number of carboxylic acid groups (broad SMARTS) is 1. The summed E-state index contributed by atoms with van der Waals surface area (Å²) in [6.07, 6.45) is 0. The number of aliphatic carboxylic acids is 1. The highest BCUT2D eigenvalue weighted by atomic mass is 16.4. The largest absolute Gasteiger partial charge is 0.480 e. The molecule has 0 radical (unpaired) electrons. The number of hydrogen-bond donors (Lipinski definition) is 2. The number of amides is 1. The van der Waals surface area contributed by atoms with E-state index in [1.54, 1.807) is 31.3 Å². The third kappa shape index (κ3) is 4.13.